The summed E-state index contributed by atoms with van der Waals surface area (Å²) in [5.41, 5.74) is 6.64. The average molecular weight is 332 g/mol. The Hall–Kier alpha value is -1.43. The lowest BCUT2D eigenvalue weighted by Crippen LogP contribution is -2.23. The largest absolute Gasteiger partial charge is 0.330 e. The predicted molar refractivity (Wildman–Crippen MR) is 93.5 cm³/mol. The Morgan fingerprint density at radius 3 is 2.26 bits per heavy atom. The Morgan fingerprint density at radius 2 is 1.61 bits per heavy atom. The fourth-order valence-electron chi connectivity index (χ4n) is 3.75. The zero-order chi connectivity index (χ0) is 16.4. The number of sulfonamides is 1. The maximum Gasteiger partial charge on any atom is 0.238 e. The van der Waals surface area contributed by atoms with E-state index in [1.54, 1.807) is 6.07 Å². The highest BCUT2D eigenvalue weighted by Gasteiger charge is 2.24. The molecule has 0 aromatic heterocycles. The van der Waals surface area contributed by atoms with E-state index in [-0.39, 0.29) is 4.90 Å². The van der Waals surface area contributed by atoms with Crippen LogP contribution in [0.4, 0.5) is 0 Å². The maximum absolute atomic E-state index is 12.0. The lowest BCUT2D eigenvalue weighted by molar-refractivity contribution is 0.278. The third kappa shape index (κ3) is 3.57. The van der Waals surface area contributed by atoms with Gasteiger partial charge in [0.05, 0.1) is 4.90 Å². The number of rotatable bonds is 4. The summed E-state index contributed by atoms with van der Waals surface area (Å²) in [6.45, 7) is 0.753. The van der Waals surface area contributed by atoms with E-state index in [4.69, 9.17) is 10.9 Å². The topological polar surface area (TPSA) is 86.2 Å². The molecule has 23 heavy (non-hydrogen) atoms. The first-order valence-electron chi connectivity index (χ1n) is 8.22. The molecule has 0 saturated heterocycles. The molecular formula is C18H24N2O2S. The fourth-order valence-corrected chi connectivity index (χ4v) is 4.55. The lowest BCUT2D eigenvalue weighted by Gasteiger charge is -2.28. The highest BCUT2D eigenvalue weighted by Crippen LogP contribution is 2.34. The molecule has 2 aromatic rings. The predicted octanol–water partition coefficient (Wildman–Crippen LogP) is 2.79. The van der Waals surface area contributed by atoms with Crippen LogP contribution in [0.5, 0.6) is 0 Å². The number of hydrogen-bond donors (Lipinski definition) is 2. The van der Waals surface area contributed by atoms with Gasteiger partial charge in [-0.2, -0.15) is 0 Å². The van der Waals surface area contributed by atoms with Crippen LogP contribution < -0.4 is 10.9 Å². The summed E-state index contributed by atoms with van der Waals surface area (Å²) in [6, 6.07) is 11.4. The van der Waals surface area contributed by atoms with Crippen molar-refractivity contribution in [3.8, 4) is 0 Å². The van der Waals surface area contributed by atoms with Crippen molar-refractivity contribution < 1.29 is 8.42 Å². The van der Waals surface area contributed by atoms with Gasteiger partial charge in [-0.1, -0.05) is 30.3 Å². The summed E-state index contributed by atoms with van der Waals surface area (Å²) in [4.78, 5) is 0.275. The highest BCUT2D eigenvalue weighted by molar-refractivity contribution is 7.89. The second-order valence-corrected chi connectivity index (χ2v) is 8.16. The zero-order valence-electron chi connectivity index (χ0n) is 13.2. The van der Waals surface area contributed by atoms with Gasteiger partial charge in [0.25, 0.3) is 0 Å². The van der Waals surface area contributed by atoms with Gasteiger partial charge in [-0.25, -0.2) is 13.6 Å². The Morgan fingerprint density at radius 1 is 0.957 bits per heavy atom. The quantitative estimate of drug-likeness (QED) is 0.902. The summed E-state index contributed by atoms with van der Waals surface area (Å²) in [6.07, 6.45) is 5.25. The minimum atomic E-state index is -3.71. The number of hydrogen-bond acceptors (Lipinski definition) is 3. The van der Waals surface area contributed by atoms with Gasteiger partial charge in [-0.3, -0.25) is 0 Å². The number of primary sulfonamides is 1. The summed E-state index contributed by atoms with van der Waals surface area (Å²) >= 11 is 0. The number of fused-ring (bicyclic) bond motifs is 1. The Kier molecular flexibility index (Phi) is 4.71. The average Bonchev–Trinajstić information content (AvgIpc) is 2.55. The van der Waals surface area contributed by atoms with Gasteiger partial charge in [0.1, 0.15) is 0 Å². The van der Waals surface area contributed by atoms with Crippen LogP contribution in [0.2, 0.25) is 0 Å². The Bertz CT molecular complexity index is 794. The molecule has 0 radical (unpaired) electrons. The standard InChI is InChI=1S/C18H24N2O2S/c19-12-14-7-5-13(6-8-14)11-17-16-4-2-1-3-15(16)9-10-18(17)23(20,21)22/h1-4,9-10,13-14H,5-8,11-12,19H2,(H2,20,21,22). The van der Waals surface area contributed by atoms with Crippen molar-refractivity contribution in [2.24, 2.45) is 22.7 Å². The van der Waals surface area contributed by atoms with Crippen LogP contribution in [0.15, 0.2) is 41.3 Å². The van der Waals surface area contributed by atoms with Crippen LogP contribution in [0.1, 0.15) is 31.2 Å². The third-order valence-corrected chi connectivity index (χ3v) is 6.09. The molecule has 0 atom stereocenters. The van der Waals surface area contributed by atoms with Gasteiger partial charge < -0.3 is 5.73 Å². The Balaban J connectivity index is 1.98. The molecule has 0 bridgehead atoms. The molecular weight excluding hydrogens is 308 g/mol. The van der Waals surface area contributed by atoms with Crippen LogP contribution in [-0.4, -0.2) is 15.0 Å². The van der Waals surface area contributed by atoms with Gasteiger partial charge >= 0.3 is 0 Å². The van der Waals surface area contributed by atoms with Crippen LogP contribution in [0.25, 0.3) is 10.8 Å². The minimum absolute atomic E-state index is 0.275. The molecule has 4 nitrogen and oxygen atoms in total. The van der Waals surface area contributed by atoms with E-state index in [0.29, 0.717) is 11.8 Å². The van der Waals surface area contributed by atoms with Crippen molar-refractivity contribution in [3.05, 3.63) is 42.0 Å². The molecule has 0 spiro atoms. The molecule has 0 heterocycles. The van der Waals surface area contributed by atoms with Crippen molar-refractivity contribution in [3.63, 3.8) is 0 Å². The highest BCUT2D eigenvalue weighted by atomic mass is 32.2. The third-order valence-electron chi connectivity index (χ3n) is 5.10. The van der Waals surface area contributed by atoms with Gasteiger partial charge in [-0.05, 0) is 72.9 Å². The normalized spacial score (nSPS) is 22.3. The minimum Gasteiger partial charge on any atom is -0.330 e. The molecule has 1 saturated carbocycles. The van der Waals surface area contributed by atoms with Crippen LogP contribution in [-0.2, 0) is 16.4 Å². The summed E-state index contributed by atoms with van der Waals surface area (Å²) in [7, 11) is -3.71. The smallest absolute Gasteiger partial charge is 0.238 e. The second kappa shape index (κ2) is 6.59. The second-order valence-electron chi connectivity index (χ2n) is 6.63. The van der Waals surface area contributed by atoms with Crippen molar-refractivity contribution in [2.45, 2.75) is 37.0 Å². The molecule has 124 valence electrons. The van der Waals surface area contributed by atoms with Gasteiger partial charge in [-0.15, -0.1) is 0 Å². The van der Waals surface area contributed by atoms with Crippen LogP contribution in [0.3, 0.4) is 0 Å². The van der Waals surface area contributed by atoms with Crippen LogP contribution >= 0.6 is 0 Å². The fraction of sp³-hybridized carbons (Fsp3) is 0.444. The maximum atomic E-state index is 12.0. The first-order valence-corrected chi connectivity index (χ1v) is 9.77. The van der Waals surface area contributed by atoms with Gasteiger partial charge in [0, 0.05) is 0 Å². The van der Waals surface area contributed by atoms with Crippen molar-refractivity contribution >= 4 is 20.8 Å². The zero-order valence-corrected chi connectivity index (χ0v) is 14.1. The SMILES string of the molecule is NCC1CCC(Cc2c(S(N)(=O)=O)ccc3ccccc23)CC1. The molecule has 2 aromatic carbocycles. The molecule has 4 N–H and O–H groups in total. The number of benzene rings is 2. The van der Waals surface area contributed by atoms with E-state index in [2.05, 4.69) is 0 Å². The number of nitrogens with two attached hydrogens (primary N) is 2. The summed E-state index contributed by atoms with van der Waals surface area (Å²) in [5.74, 6) is 1.13. The molecule has 0 aliphatic heterocycles. The Labute approximate surface area is 137 Å². The van der Waals surface area contributed by atoms with E-state index in [1.165, 1.54) is 0 Å². The van der Waals surface area contributed by atoms with Crippen molar-refractivity contribution in [1.29, 1.82) is 0 Å². The summed E-state index contributed by atoms with van der Waals surface area (Å²) in [5, 5.41) is 7.51. The first-order chi connectivity index (χ1) is 11.0. The molecule has 0 amide bonds. The van der Waals surface area contributed by atoms with E-state index < -0.39 is 10.0 Å². The van der Waals surface area contributed by atoms with E-state index >= 15 is 0 Å². The van der Waals surface area contributed by atoms with E-state index in [1.807, 2.05) is 30.3 Å². The molecule has 3 rings (SSSR count). The van der Waals surface area contributed by atoms with E-state index in [0.717, 1.165) is 55.0 Å². The molecule has 0 unspecified atom stereocenters. The molecule has 5 heteroatoms. The monoisotopic (exact) mass is 332 g/mol. The van der Waals surface area contributed by atoms with Gasteiger partial charge in [0.2, 0.25) is 10.0 Å². The summed E-state index contributed by atoms with van der Waals surface area (Å²) < 4.78 is 24.0. The van der Waals surface area contributed by atoms with Crippen LogP contribution in [0, 0.1) is 11.8 Å². The van der Waals surface area contributed by atoms with Crippen molar-refractivity contribution in [1.82, 2.24) is 0 Å². The van der Waals surface area contributed by atoms with Gasteiger partial charge in [0.15, 0.2) is 0 Å². The lowest BCUT2D eigenvalue weighted by atomic mass is 9.79. The van der Waals surface area contributed by atoms with E-state index in [9.17, 15) is 8.42 Å². The van der Waals surface area contributed by atoms with Crippen molar-refractivity contribution in [2.75, 3.05) is 6.54 Å². The first kappa shape index (κ1) is 16.4. The molecule has 1 fully saturated rings. The molecule has 1 aliphatic rings. The molecule has 1 aliphatic carbocycles.